The molecular formula is C16H22O4. The van der Waals surface area contributed by atoms with Crippen LogP contribution in [0.5, 0.6) is 0 Å². The highest BCUT2D eigenvalue weighted by Gasteiger charge is 2.53. The van der Waals surface area contributed by atoms with Gasteiger partial charge in [-0.1, -0.05) is 6.58 Å². The minimum atomic E-state index is -0.909. The number of carbonyl (C=O) groups is 2. The summed E-state index contributed by atoms with van der Waals surface area (Å²) in [6.45, 7) is 3.69. The minimum absolute atomic E-state index is 0.0607. The number of rotatable bonds is 5. The molecule has 0 heterocycles. The summed E-state index contributed by atoms with van der Waals surface area (Å²) in [7, 11) is 0. The van der Waals surface area contributed by atoms with Crippen molar-refractivity contribution in [3.63, 3.8) is 0 Å². The van der Waals surface area contributed by atoms with Gasteiger partial charge in [0.2, 0.25) is 0 Å². The summed E-state index contributed by atoms with van der Waals surface area (Å²) < 4.78 is 5.81. The smallest absolute Gasteiger partial charge is 0.333 e. The first kappa shape index (κ1) is 13.7. The van der Waals surface area contributed by atoms with E-state index in [1.807, 2.05) is 0 Å². The second-order valence-corrected chi connectivity index (χ2v) is 6.99. The molecule has 110 valence electrons. The van der Waals surface area contributed by atoms with Crippen LogP contribution in [0.25, 0.3) is 0 Å². The van der Waals surface area contributed by atoms with Crippen LogP contribution in [-0.2, 0) is 14.3 Å². The van der Waals surface area contributed by atoms with Crippen molar-refractivity contribution in [1.29, 1.82) is 0 Å². The molecule has 0 amide bonds. The summed E-state index contributed by atoms with van der Waals surface area (Å²) in [6.07, 6.45) is 7.02. The Bertz CT molecular complexity index is 416. The van der Waals surface area contributed by atoms with Gasteiger partial charge in [0.25, 0.3) is 0 Å². The molecule has 4 nitrogen and oxygen atoms in total. The standard InChI is InChI=1S/C16H22O4/c1-10(2-3-14(17)18)15(19)20-16-7-11-4-12(8-16)6-13(5-11)9-16/h11-13H,1-9H2,(H,17,18). The molecule has 0 aromatic heterocycles. The Balaban J connectivity index is 1.61. The van der Waals surface area contributed by atoms with Crippen LogP contribution in [-0.4, -0.2) is 22.6 Å². The first-order valence-corrected chi connectivity index (χ1v) is 7.59. The van der Waals surface area contributed by atoms with Gasteiger partial charge in [-0.3, -0.25) is 4.79 Å². The molecule has 4 heteroatoms. The fraction of sp³-hybridized carbons (Fsp3) is 0.750. The first-order chi connectivity index (χ1) is 9.46. The fourth-order valence-electron chi connectivity index (χ4n) is 4.78. The van der Waals surface area contributed by atoms with Crippen molar-refractivity contribution >= 4 is 11.9 Å². The summed E-state index contributed by atoms with van der Waals surface area (Å²) in [6, 6.07) is 0. The van der Waals surface area contributed by atoms with Crippen molar-refractivity contribution in [2.45, 2.75) is 57.0 Å². The summed E-state index contributed by atoms with van der Waals surface area (Å²) in [5, 5.41) is 8.65. The van der Waals surface area contributed by atoms with Crippen LogP contribution in [0.2, 0.25) is 0 Å². The van der Waals surface area contributed by atoms with Gasteiger partial charge in [0, 0.05) is 12.0 Å². The molecule has 1 N–H and O–H groups in total. The number of hydrogen-bond donors (Lipinski definition) is 1. The van der Waals surface area contributed by atoms with Crippen LogP contribution in [0.3, 0.4) is 0 Å². The van der Waals surface area contributed by atoms with E-state index in [9.17, 15) is 9.59 Å². The van der Waals surface area contributed by atoms with Gasteiger partial charge < -0.3 is 9.84 Å². The molecule has 4 bridgehead atoms. The van der Waals surface area contributed by atoms with Gasteiger partial charge in [-0.2, -0.15) is 0 Å². The van der Waals surface area contributed by atoms with Gasteiger partial charge in [0.05, 0.1) is 0 Å². The van der Waals surface area contributed by atoms with E-state index < -0.39 is 5.97 Å². The zero-order chi connectivity index (χ0) is 14.3. The number of carboxylic acids is 1. The molecular weight excluding hydrogens is 256 g/mol. The molecule has 4 rings (SSSR count). The third-order valence-electron chi connectivity index (χ3n) is 5.22. The van der Waals surface area contributed by atoms with Gasteiger partial charge in [0.1, 0.15) is 5.60 Å². The van der Waals surface area contributed by atoms with E-state index in [2.05, 4.69) is 6.58 Å². The lowest BCUT2D eigenvalue weighted by Crippen LogP contribution is -2.52. The second-order valence-electron chi connectivity index (χ2n) is 6.99. The van der Waals surface area contributed by atoms with Gasteiger partial charge in [-0.25, -0.2) is 4.79 Å². The van der Waals surface area contributed by atoms with E-state index >= 15 is 0 Å². The lowest BCUT2D eigenvalue weighted by atomic mass is 9.54. The fourth-order valence-corrected chi connectivity index (χ4v) is 4.78. The molecule has 0 atom stereocenters. The quantitative estimate of drug-likeness (QED) is 0.620. The highest BCUT2D eigenvalue weighted by Crippen LogP contribution is 2.57. The van der Waals surface area contributed by atoms with Crippen LogP contribution < -0.4 is 0 Å². The number of carboxylic acid groups (broad SMARTS) is 1. The Morgan fingerprint density at radius 2 is 1.55 bits per heavy atom. The SMILES string of the molecule is C=C(CCC(=O)O)C(=O)OC12CC3CC(CC(C3)C1)C2. The average Bonchev–Trinajstić information content (AvgIpc) is 2.33. The number of carbonyl (C=O) groups excluding carboxylic acids is 1. The normalized spacial score (nSPS) is 37.7. The van der Waals surface area contributed by atoms with Gasteiger partial charge >= 0.3 is 11.9 Å². The Morgan fingerprint density at radius 3 is 2.00 bits per heavy atom. The third-order valence-corrected chi connectivity index (χ3v) is 5.22. The Kier molecular flexibility index (Phi) is 3.35. The summed E-state index contributed by atoms with van der Waals surface area (Å²) in [5.74, 6) is 0.881. The molecule has 4 fully saturated rings. The Morgan fingerprint density at radius 1 is 1.05 bits per heavy atom. The summed E-state index contributed by atoms with van der Waals surface area (Å²) in [5.41, 5.74) is 0.0287. The van der Waals surface area contributed by atoms with E-state index in [1.54, 1.807) is 0 Å². The number of hydrogen-bond acceptors (Lipinski definition) is 3. The molecule has 4 aliphatic carbocycles. The zero-order valence-electron chi connectivity index (χ0n) is 11.8. The Hall–Kier alpha value is -1.32. The summed E-state index contributed by atoms with van der Waals surface area (Å²) >= 11 is 0. The van der Waals surface area contributed by atoms with Gasteiger partial charge in [-0.15, -0.1) is 0 Å². The lowest BCUT2D eigenvalue weighted by molar-refractivity contribution is -0.182. The molecule has 0 spiro atoms. The topological polar surface area (TPSA) is 63.6 Å². The van der Waals surface area contributed by atoms with Crippen LogP contribution in [0, 0.1) is 17.8 Å². The monoisotopic (exact) mass is 278 g/mol. The molecule has 0 aromatic rings. The van der Waals surface area contributed by atoms with Crippen molar-refractivity contribution in [2.24, 2.45) is 17.8 Å². The largest absolute Gasteiger partial charge is 0.481 e. The molecule has 0 unspecified atom stereocenters. The number of aliphatic carboxylic acids is 1. The van der Waals surface area contributed by atoms with E-state index in [0.29, 0.717) is 5.57 Å². The van der Waals surface area contributed by atoms with Crippen LogP contribution in [0.1, 0.15) is 51.4 Å². The molecule has 0 aliphatic heterocycles. The summed E-state index contributed by atoms with van der Waals surface area (Å²) in [4.78, 5) is 22.7. The van der Waals surface area contributed by atoms with E-state index in [-0.39, 0.29) is 24.4 Å². The Labute approximate surface area is 119 Å². The predicted molar refractivity (Wildman–Crippen MR) is 73.0 cm³/mol. The zero-order valence-corrected chi connectivity index (χ0v) is 11.8. The number of esters is 1. The highest BCUT2D eigenvalue weighted by molar-refractivity contribution is 5.88. The van der Waals surface area contributed by atoms with E-state index in [4.69, 9.17) is 9.84 Å². The van der Waals surface area contributed by atoms with Crippen LogP contribution in [0.4, 0.5) is 0 Å². The molecule has 4 aliphatic rings. The molecule has 0 radical (unpaired) electrons. The van der Waals surface area contributed by atoms with E-state index in [1.165, 1.54) is 19.3 Å². The van der Waals surface area contributed by atoms with Crippen molar-refractivity contribution < 1.29 is 19.4 Å². The second kappa shape index (κ2) is 4.90. The van der Waals surface area contributed by atoms with Crippen molar-refractivity contribution in [3.05, 3.63) is 12.2 Å². The van der Waals surface area contributed by atoms with Crippen molar-refractivity contribution in [1.82, 2.24) is 0 Å². The molecule has 20 heavy (non-hydrogen) atoms. The van der Waals surface area contributed by atoms with Gasteiger partial charge in [-0.05, 0) is 62.7 Å². The maximum atomic E-state index is 12.1. The minimum Gasteiger partial charge on any atom is -0.481 e. The maximum absolute atomic E-state index is 12.1. The molecule has 0 saturated heterocycles. The van der Waals surface area contributed by atoms with Crippen LogP contribution >= 0.6 is 0 Å². The van der Waals surface area contributed by atoms with Crippen LogP contribution in [0.15, 0.2) is 12.2 Å². The van der Waals surface area contributed by atoms with Crippen molar-refractivity contribution in [2.75, 3.05) is 0 Å². The van der Waals surface area contributed by atoms with Gasteiger partial charge in [0.15, 0.2) is 0 Å². The predicted octanol–water partition coefficient (Wildman–Crippen LogP) is 2.92. The average molecular weight is 278 g/mol. The first-order valence-electron chi connectivity index (χ1n) is 7.59. The maximum Gasteiger partial charge on any atom is 0.333 e. The highest BCUT2D eigenvalue weighted by atomic mass is 16.6. The lowest BCUT2D eigenvalue weighted by Gasteiger charge is -2.55. The van der Waals surface area contributed by atoms with Crippen molar-refractivity contribution in [3.8, 4) is 0 Å². The molecule has 0 aromatic carbocycles. The number of ether oxygens (including phenoxy) is 1. The molecule has 4 saturated carbocycles. The third kappa shape index (κ3) is 2.60. The van der Waals surface area contributed by atoms with E-state index in [0.717, 1.165) is 37.0 Å².